The topological polar surface area (TPSA) is 96.0 Å². The highest BCUT2D eigenvalue weighted by molar-refractivity contribution is 7.91. The summed E-state index contributed by atoms with van der Waals surface area (Å²) in [5, 5.41) is 11.5. The van der Waals surface area contributed by atoms with Crippen LogP contribution in [0, 0.1) is 5.82 Å². The Morgan fingerprint density at radius 3 is 2.86 bits per heavy atom. The molecule has 0 bridgehead atoms. The largest absolute Gasteiger partial charge is 0.409 e. The maximum atomic E-state index is 13.6. The molecule has 1 aromatic rings. The first-order valence-corrected chi connectivity index (χ1v) is 8.35. The van der Waals surface area contributed by atoms with Crippen LogP contribution in [0.5, 0.6) is 0 Å². The smallest absolute Gasteiger partial charge is 0.170 e. The van der Waals surface area contributed by atoms with Crippen LogP contribution in [0.1, 0.15) is 18.1 Å². The number of oxime groups is 1. The molecule has 1 aliphatic rings. The number of nitrogens with zero attached hydrogens (tertiary/aromatic N) is 2. The summed E-state index contributed by atoms with van der Waals surface area (Å²) in [5.74, 6) is -0.425. The molecule has 0 aliphatic carbocycles. The first-order valence-electron chi connectivity index (χ1n) is 6.52. The molecule has 2 rings (SSSR count). The SMILES string of the molecule is CC1CS(=O)(=O)CCN1Cc1cc(F)cc(/C(N)=N/O)c1. The maximum absolute atomic E-state index is 13.6. The van der Waals surface area contributed by atoms with Crippen molar-refractivity contribution in [3.63, 3.8) is 0 Å². The van der Waals surface area contributed by atoms with Crippen LogP contribution in [0.2, 0.25) is 0 Å². The van der Waals surface area contributed by atoms with Crippen molar-refractivity contribution in [3.05, 3.63) is 35.1 Å². The van der Waals surface area contributed by atoms with Crippen LogP contribution in [0.15, 0.2) is 23.4 Å². The second kappa shape index (κ2) is 5.98. The third kappa shape index (κ3) is 3.92. The van der Waals surface area contributed by atoms with Gasteiger partial charge in [0.25, 0.3) is 0 Å². The standard InChI is InChI=1S/C13H18FN3O3S/c1-9-8-21(19,20)3-2-17(9)7-10-4-11(13(15)16-18)6-12(14)5-10/h4-6,9,18H,2-3,7-8H2,1H3,(H2,15,16). The molecule has 3 N–H and O–H groups in total. The van der Waals surface area contributed by atoms with Gasteiger partial charge in [-0.05, 0) is 30.7 Å². The van der Waals surface area contributed by atoms with Crippen LogP contribution >= 0.6 is 0 Å². The summed E-state index contributed by atoms with van der Waals surface area (Å²) in [7, 11) is -2.98. The van der Waals surface area contributed by atoms with Gasteiger partial charge in [-0.2, -0.15) is 0 Å². The van der Waals surface area contributed by atoms with E-state index in [-0.39, 0.29) is 23.4 Å². The van der Waals surface area contributed by atoms with Crippen LogP contribution in [0.25, 0.3) is 0 Å². The van der Waals surface area contributed by atoms with Crippen molar-refractivity contribution in [2.24, 2.45) is 10.9 Å². The normalized spacial score (nSPS) is 23.1. The molecular formula is C13H18FN3O3S. The molecular weight excluding hydrogens is 297 g/mol. The number of halogens is 1. The first kappa shape index (κ1) is 15.7. The zero-order chi connectivity index (χ0) is 15.6. The summed E-state index contributed by atoms with van der Waals surface area (Å²) >= 11 is 0. The van der Waals surface area contributed by atoms with Gasteiger partial charge < -0.3 is 10.9 Å². The minimum Gasteiger partial charge on any atom is -0.409 e. The molecule has 1 saturated heterocycles. The van der Waals surface area contributed by atoms with Crippen LogP contribution in [-0.2, 0) is 16.4 Å². The van der Waals surface area contributed by atoms with Crippen molar-refractivity contribution >= 4 is 15.7 Å². The molecule has 0 saturated carbocycles. The fourth-order valence-corrected chi connectivity index (χ4v) is 4.07. The molecule has 21 heavy (non-hydrogen) atoms. The average molecular weight is 315 g/mol. The van der Waals surface area contributed by atoms with E-state index < -0.39 is 15.7 Å². The lowest BCUT2D eigenvalue weighted by Crippen LogP contribution is -2.46. The van der Waals surface area contributed by atoms with Gasteiger partial charge in [-0.1, -0.05) is 5.16 Å². The van der Waals surface area contributed by atoms with Gasteiger partial charge in [0.15, 0.2) is 15.7 Å². The van der Waals surface area contributed by atoms with Crippen LogP contribution in [-0.4, -0.2) is 48.5 Å². The van der Waals surface area contributed by atoms with Gasteiger partial charge in [-0.15, -0.1) is 0 Å². The van der Waals surface area contributed by atoms with E-state index in [1.54, 1.807) is 6.07 Å². The molecule has 1 aliphatic heterocycles. The molecule has 1 unspecified atom stereocenters. The van der Waals surface area contributed by atoms with E-state index in [0.717, 1.165) is 0 Å². The maximum Gasteiger partial charge on any atom is 0.170 e. The third-order valence-corrected chi connectivity index (χ3v) is 5.35. The summed E-state index contributed by atoms with van der Waals surface area (Å²) < 4.78 is 36.7. The first-order chi connectivity index (χ1) is 9.80. The van der Waals surface area contributed by atoms with Crippen LogP contribution < -0.4 is 5.73 Å². The molecule has 1 aromatic carbocycles. The van der Waals surface area contributed by atoms with E-state index in [9.17, 15) is 12.8 Å². The summed E-state index contributed by atoms with van der Waals surface area (Å²) in [5.41, 5.74) is 6.42. The molecule has 0 aromatic heterocycles. The lowest BCUT2D eigenvalue weighted by molar-refractivity contribution is 0.218. The van der Waals surface area contributed by atoms with E-state index in [2.05, 4.69) is 5.16 Å². The second-order valence-electron chi connectivity index (χ2n) is 5.27. The van der Waals surface area contributed by atoms with Gasteiger partial charge in [0.1, 0.15) is 5.82 Å². The highest BCUT2D eigenvalue weighted by atomic mass is 32.2. The Kier molecular flexibility index (Phi) is 4.48. The van der Waals surface area contributed by atoms with Crippen LogP contribution in [0.3, 0.4) is 0 Å². The van der Waals surface area contributed by atoms with E-state index in [1.165, 1.54) is 12.1 Å². The minimum absolute atomic E-state index is 0.107. The van der Waals surface area contributed by atoms with Gasteiger partial charge in [0.2, 0.25) is 0 Å². The fraction of sp³-hybridized carbons (Fsp3) is 0.462. The van der Waals surface area contributed by atoms with Gasteiger partial charge in [-0.3, -0.25) is 4.90 Å². The third-order valence-electron chi connectivity index (χ3n) is 3.55. The van der Waals surface area contributed by atoms with Crippen molar-refractivity contribution in [2.45, 2.75) is 19.5 Å². The zero-order valence-electron chi connectivity index (χ0n) is 11.7. The summed E-state index contributed by atoms with van der Waals surface area (Å²) in [4.78, 5) is 1.98. The number of benzene rings is 1. The second-order valence-corrected chi connectivity index (χ2v) is 7.50. The lowest BCUT2D eigenvalue weighted by atomic mass is 10.1. The molecule has 116 valence electrons. The van der Waals surface area contributed by atoms with Gasteiger partial charge in [-0.25, -0.2) is 12.8 Å². The predicted molar refractivity (Wildman–Crippen MR) is 77.4 cm³/mol. The Labute approximate surface area is 123 Å². The number of amidine groups is 1. The van der Waals surface area contributed by atoms with Crippen molar-refractivity contribution in [1.29, 1.82) is 0 Å². The number of sulfone groups is 1. The molecule has 0 amide bonds. The monoisotopic (exact) mass is 315 g/mol. The molecule has 1 fully saturated rings. The molecule has 0 radical (unpaired) electrons. The quantitative estimate of drug-likeness (QED) is 0.367. The summed E-state index contributed by atoms with van der Waals surface area (Å²) in [6.45, 7) is 2.67. The molecule has 1 atom stereocenters. The molecule has 8 heteroatoms. The number of nitrogens with two attached hydrogens (primary N) is 1. The summed E-state index contributed by atoms with van der Waals surface area (Å²) in [6, 6.07) is 4.06. The van der Waals surface area contributed by atoms with Crippen LogP contribution in [0.4, 0.5) is 4.39 Å². The zero-order valence-corrected chi connectivity index (χ0v) is 12.5. The molecule has 1 heterocycles. The lowest BCUT2D eigenvalue weighted by Gasteiger charge is -2.33. The van der Waals surface area contributed by atoms with E-state index in [1.807, 2.05) is 11.8 Å². The van der Waals surface area contributed by atoms with Crippen molar-refractivity contribution in [3.8, 4) is 0 Å². The van der Waals surface area contributed by atoms with Gasteiger partial charge in [0.05, 0.1) is 11.5 Å². The minimum atomic E-state index is -2.98. The number of hydrogen-bond donors (Lipinski definition) is 2. The van der Waals surface area contributed by atoms with E-state index in [4.69, 9.17) is 10.9 Å². The Hall–Kier alpha value is -1.67. The highest BCUT2D eigenvalue weighted by Crippen LogP contribution is 2.17. The predicted octanol–water partition coefficient (Wildman–Crippen LogP) is 0.539. The Balaban J connectivity index is 2.18. The van der Waals surface area contributed by atoms with Gasteiger partial charge >= 0.3 is 0 Å². The highest BCUT2D eigenvalue weighted by Gasteiger charge is 2.28. The van der Waals surface area contributed by atoms with Gasteiger partial charge in [0, 0.05) is 24.7 Å². The molecule has 0 spiro atoms. The molecule has 6 nitrogen and oxygen atoms in total. The van der Waals surface area contributed by atoms with Crippen molar-refractivity contribution < 1.29 is 18.0 Å². The Morgan fingerprint density at radius 1 is 1.52 bits per heavy atom. The van der Waals surface area contributed by atoms with E-state index in [0.29, 0.717) is 24.2 Å². The van der Waals surface area contributed by atoms with Crippen molar-refractivity contribution in [1.82, 2.24) is 4.90 Å². The van der Waals surface area contributed by atoms with Crippen molar-refractivity contribution in [2.75, 3.05) is 18.1 Å². The van der Waals surface area contributed by atoms with E-state index >= 15 is 0 Å². The number of rotatable bonds is 3. The Bertz CT molecular complexity index is 661. The average Bonchev–Trinajstić information content (AvgIpc) is 2.40. The fourth-order valence-electron chi connectivity index (χ4n) is 2.45. The Morgan fingerprint density at radius 2 is 2.24 bits per heavy atom. The number of hydrogen-bond acceptors (Lipinski definition) is 5. The summed E-state index contributed by atoms with van der Waals surface area (Å²) in [6.07, 6.45) is 0.